The summed E-state index contributed by atoms with van der Waals surface area (Å²) in [5.74, 6) is 1.74. The topological polar surface area (TPSA) is 45.2 Å². The van der Waals surface area contributed by atoms with Gasteiger partial charge in [0.2, 0.25) is 0 Å². The van der Waals surface area contributed by atoms with Gasteiger partial charge in [-0.2, -0.15) is 0 Å². The lowest BCUT2D eigenvalue weighted by atomic mass is 10.2. The highest BCUT2D eigenvalue weighted by molar-refractivity contribution is 5.27. The van der Waals surface area contributed by atoms with Gasteiger partial charge >= 0.3 is 0 Å². The van der Waals surface area contributed by atoms with Crippen LogP contribution in [0.1, 0.15) is 5.56 Å². The van der Waals surface area contributed by atoms with Gasteiger partial charge < -0.3 is 14.6 Å². The lowest BCUT2D eigenvalue weighted by Crippen LogP contribution is -2.50. The van der Waals surface area contributed by atoms with Crippen molar-refractivity contribution in [2.24, 2.45) is 0 Å². The maximum Gasteiger partial charge on any atom is 0.119 e. The highest BCUT2D eigenvalue weighted by atomic mass is 16.5. The zero-order valence-corrected chi connectivity index (χ0v) is 16.1. The first kappa shape index (κ1) is 19.7. The third-order valence-corrected chi connectivity index (χ3v) is 4.79. The van der Waals surface area contributed by atoms with Crippen LogP contribution in [0.5, 0.6) is 11.5 Å². The summed E-state index contributed by atoms with van der Waals surface area (Å²) >= 11 is 0. The minimum atomic E-state index is -0.474. The second-order valence-corrected chi connectivity index (χ2v) is 7.09. The Morgan fingerprint density at radius 1 is 0.889 bits per heavy atom. The first-order chi connectivity index (χ1) is 13.2. The molecule has 0 saturated carbocycles. The van der Waals surface area contributed by atoms with Crippen molar-refractivity contribution in [2.75, 3.05) is 52.5 Å². The highest BCUT2D eigenvalue weighted by Crippen LogP contribution is 2.13. The van der Waals surface area contributed by atoms with Crippen LogP contribution >= 0.6 is 0 Å². The largest absolute Gasteiger partial charge is 0.492 e. The Balaban J connectivity index is 1.29. The standard InChI is InChI=1S/C22H30N2O3/c1-19-6-5-9-22(16-19)27-18-20(25)17-24-12-10-23(11-13-24)14-15-26-21-7-3-2-4-8-21/h2-9,16,20,25H,10-15,17-18H2,1H3. The van der Waals surface area contributed by atoms with Crippen molar-refractivity contribution in [2.45, 2.75) is 13.0 Å². The first-order valence-electron chi connectivity index (χ1n) is 9.69. The van der Waals surface area contributed by atoms with Gasteiger partial charge in [0.05, 0.1) is 0 Å². The summed E-state index contributed by atoms with van der Waals surface area (Å²) in [6.07, 6.45) is -0.474. The van der Waals surface area contributed by atoms with Crippen LogP contribution in [0, 0.1) is 6.92 Å². The fraction of sp³-hybridized carbons (Fsp3) is 0.455. The van der Waals surface area contributed by atoms with E-state index >= 15 is 0 Å². The predicted octanol–water partition coefficient (Wildman–Crippen LogP) is 2.43. The summed E-state index contributed by atoms with van der Waals surface area (Å²) in [5, 5.41) is 10.3. The van der Waals surface area contributed by atoms with Gasteiger partial charge in [-0.25, -0.2) is 0 Å². The number of rotatable bonds is 9. The summed E-state index contributed by atoms with van der Waals surface area (Å²) in [5.41, 5.74) is 1.16. The number of β-amino-alcohol motifs (C(OH)–C–C–N with tert-alkyl or cyclic N) is 1. The van der Waals surface area contributed by atoms with E-state index < -0.39 is 6.10 Å². The molecule has 0 aliphatic carbocycles. The normalized spacial score (nSPS) is 16.8. The van der Waals surface area contributed by atoms with Gasteiger partial charge in [-0.15, -0.1) is 0 Å². The van der Waals surface area contributed by atoms with Crippen molar-refractivity contribution in [3.8, 4) is 11.5 Å². The van der Waals surface area contributed by atoms with Crippen molar-refractivity contribution in [1.82, 2.24) is 9.80 Å². The Labute approximate surface area is 162 Å². The van der Waals surface area contributed by atoms with Crippen molar-refractivity contribution in [1.29, 1.82) is 0 Å². The summed E-state index contributed by atoms with van der Waals surface area (Å²) in [6, 6.07) is 17.9. The Kier molecular flexibility index (Phi) is 7.51. The van der Waals surface area contributed by atoms with Gasteiger partial charge in [0.15, 0.2) is 0 Å². The quantitative estimate of drug-likeness (QED) is 0.735. The minimum absolute atomic E-state index is 0.328. The van der Waals surface area contributed by atoms with Crippen LogP contribution in [0.25, 0.3) is 0 Å². The van der Waals surface area contributed by atoms with Gasteiger partial charge in [0.25, 0.3) is 0 Å². The second kappa shape index (κ2) is 10.3. The highest BCUT2D eigenvalue weighted by Gasteiger charge is 2.19. The Hall–Kier alpha value is -2.08. The zero-order valence-electron chi connectivity index (χ0n) is 16.1. The molecule has 0 radical (unpaired) electrons. The lowest BCUT2D eigenvalue weighted by Gasteiger charge is -2.35. The third kappa shape index (κ3) is 6.86. The molecule has 3 rings (SSSR count). The minimum Gasteiger partial charge on any atom is -0.492 e. The molecule has 0 aromatic heterocycles. The van der Waals surface area contributed by atoms with E-state index in [0.717, 1.165) is 49.8 Å². The summed E-state index contributed by atoms with van der Waals surface area (Å²) < 4.78 is 11.5. The summed E-state index contributed by atoms with van der Waals surface area (Å²) in [6.45, 7) is 8.59. The number of ether oxygens (including phenoxy) is 2. The van der Waals surface area contributed by atoms with Crippen LogP contribution in [0.3, 0.4) is 0 Å². The molecular weight excluding hydrogens is 340 g/mol. The lowest BCUT2D eigenvalue weighted by molar-refractivity contribution is 0.0436. The molecule has 1 aliphatic heterocycles. The van der Waals surface area contributed by atoms with Gasteiger partial charge in [-0.3, -0.25) is 9.80 Å². The Morgan fingerprint density at radius 2 is 1.59 bits per heavy atom. The van der Waals surface area contributed by atoms with E-state index in [1.807, 2.05) is 61.5 Å². The number of piperazine rings is 1. The van der Waals surface area contributed by atoms with Crippen LogP contribution in [-0.2, 0) is 0 Å². The summed E-state index contributed by atoms with van der Waals surface area (Å²) in [7, 11) is 0. The maximum atomic E-state index is 10.3. The number of para-hydroxylation sites is 1. The molecule has 1 saturated heterocycles. The van der Waals surface area contributed by atoms with Crippen molar-refractivity contribution < 1.29 is 14.6 Å². The molecule has 146 valence electrons. The molecule has 1 unspecified atom stereocenters. The molecule has 2 aromatic carbocycles. The molecule has 0 spiro atoms. The van der Waals surface area contributed by atoms with Gasteiger partial charge in [-0.1, -0.05) is 30.3 Å². The van der Waals surface area contributed by atoms with Crippen LogP contribution in [-0.4, -0.2) is 73.5 Å². The number of aliphatic hydroxyl groups is 1. The Bertz CT molecular complexity index is 672. The van der Waals surface area contributed by atoms with Crippen LogP contribution in [0.4, 0.5) is 0 Å². The number of benzene rings is 2. The molecule has 1 aliphatic rings. The number of aryl methyl sites for hydroxylation is 1. The summed E-state index contributed by atoms with van der Waals surface area (Å²) in [4.78, 5) is 4.72. The van der Waals surface area contributed by atoms with Crippen molar-refractivity contribution in [3.05, 3.63) is 60.2 Å². The number of aliphatic hydroxyl groups excluding tert-OH is 1. The predicted molar refractivity (Wildman–Crippen MR) is 107 cm³/mol. The molecule has 5 heteroatoms. The molecule has 2 aromatic rings. The van der Waals surface area contributed by atoms with Crippen molar-refractivity contribution in [3.63, 3.8) is 0 Å². The molecule has 1 fully saturated rings. The third-order valence-electron chi connectivity index (χ3n) is 4.79. The molecule has 0 bridgehead atoms. The first-order valence-corrected chi connectivity index (χ1v) is 9.69. The zero-order chi connectivity index (χ0) is 18.9. The van der Waals surface area contributed by atoms with Crippen molar-refractivity contribution >= 4 is 0 Å². The Morgan fingerprint density at radius 3 is 2.33 bits per heavy atom. The SMILES string of the molecule is Cc1cccc(OCC(O)CN2CCN(CCOc3ccccc3)CC2)c1. The van der Waals surface area contributed by atoms with E-state index in [2.05, 4.69) is 9.80 Å². The monoisotopic (exact) mass is 370 g/mol. The number of hydrogen-bond donors (Lipinski definition) is 1. The van der Waals surface area contributed by atoms with E-state index in [-0.39, 0.29) is 0 Å². The fourth-order valence-corrected chi connectivity index (χ4v) is 3.25. The van der Waals surface area contributed by atoms with E-state index in [1.54, 1.807) is 0 Å². The van der Waals surface area contributed by atoms with Gasteiger partial charge in [0, 0.05) is 39.3 Å². The van der Waals surface area contributed by atoms with Gasteiger partial charge in [-0.05, 0) is 36.8 Å². The van der Waals surface area contributed by atoms with E-state index in [9.17, 15) is 5.11 Å². The number of hydrogen-bond acceptors (Lipinski definition) is 5. The molecule has 0 amide bonds. The molecule has 5 nitrogen and oxygen atoms in total. The average Bonchev–Trinajstić information content (AvgIpc) is 2.69. The second-order valence-electron chi connectivity index (χ2n) is 7.09. The molecule has 1 heterocycles. The maximum absolute atomic E-state index is 10.3. The van der Waals surface area contributed by atoms with E-state index in [4.69, 9.17) is 9.47 Å². The van der Waals surface area contributed by atoms with Crippen LogP contribution in [0.2, 0.25) is 0 Å². The fourth-order valence-electron chi connectivity index (χ4n) is 3.25. The van der Waals surface area contributed by atoms with Crippen LogP contribution in [0.15, 0.2) is 54.6 Å². The molecule has 1 N–H and O–H groups in total. The van der Waals surface area contributed by atoms with E-state index in [0.29, 0.717) is 19.8 Å². The average molecular weight is 370 g/mol. The molecule has 1 atom stereocenters. The number of nitrogens with zero attached hydrogens (tertiary/aromatic N) is 2. The van der Waals surface area contributed by atoms with E-state index in [1.165, 1.54) is 0 Å². The molecule has 27 heavy (non-hydrogen) atoms. The smallest absolute Gasteiger partial charge is 0.119 e. The molecular formula is C22H30N2O3. The van der Waals surface area contributed by atoms with Gasteiger partial charge in [0.1, 0.15) is 30.8 Å². The van der Waals surface area contributed by atoms with Crippen LogP contribution < -0.4 is 9.47 Å².